The molecule has 0 radical (unpaired) electrons. The molecule has 3 rings (SSSR count). The van der Waals surface area contributed by atoms with Crippen molar-refractivity contribution in [2.24, 2.45) is 0 Å². The van der Waals surface area contributed by atoms with Gasteiger partial charge in [-0.3, -0.25) is 4.79 Å². The molecule has 1 aromatic heterocycles. The first-order valence-corrected chi connectivity index (χ1v) is 5.93. The summed E-state index contributed by atoms with van der Waals surface area (Å²) >= 11 is 0. The zero-order valence-electron chi connectivity index (χ0n) is 9.81. The van der Waals surface area contributed by atoms with E-state index in [0.717, 1.165) is 17.9 Å². The minimum atomic E-state index is -0.183. The van der Waals surface area contributed by atoms with E-state index >= 15 is 0 Å². The van der Waals surface area contributed by atoms with Gasteiger partial charge in [0.15, 0.2) is 0 Å². The van der Waals surface area contributed by atoms with E-state index in [4.69, 9.17) is 0 Å². The largest absolute Gasteiger partial charge is 0.373 e. The van der Waals surface area contributed by atoms with Crippen LogP contribution in [0, 0.1) is 0 Å². The molecule has 0 spiro atoms. The molecular formula is C13H14N4O. The molecule has 1 unspecified atom stereocenters. The van der Waals surface area contributed by atoms with Gasteiger partial charge in [0.25, 0.3) is 0 Å². The molecule has 1 amide bonds. The molecule has 5 heteroatoms. The Hall–Kier alpha value is -2.30. The molecule has 0 saturated carbocycles. The van der Waals surface area contributed by atoms with E-state index in [1.54, 1.807) is 12.4 Å². The second kappa shape index (κ2) is 4.52. The standard InChI is InChI=1S/C13H14N4O/c18-13(16-8-12-14-5-6-15-12)11-7-9-3-1-2-4-10(9)17-11/h1-6,11,17H,7-8H2,(H,14,15)(H,16,18). The van der Waals surface area contributed by atoms with Crippen molar-refractivity contribution in [3.05, 3.63) is 48.0 Å². The Morgan fingerprint density at radius 2 is 2.33 bits per heavy atom. The first-order chi connectivity index (χ1) is 8.83. The highest BCUT2D eigenvalue weighted by Gasteiger charge is 2.25. The third-order valence-electron chi connectivity index (χ3n) is 3.07. The quantitative estimate of drug-likeness (QED) is 0.754. The molecule has 2 aromatic rings. The minimum Gasteiger partial charge on any atom is -0.373 e. The number of imidazole rings is 1. The van der Waals surface area contributed by atoms with Gasteiger partial charge in [-0.05, 0) is 11.6 Å². The fourth-order valence-corrected chi connectivity index (χ4v) is 2.14. The summed E-state index contributed by atoms with van der Waals surface area (Å²) in [5.41, 5.74) is 2.24. The van der Waals surface area contributed by atoms with Gasteiger partial charge in [0.1, 0.15) is 11.9 Å². The van der Waals surface area contributed by atoms with Crippen LogP contribution in [0.4, 0.5) is 5.69 Å². The molecule has 1 aromatic carbocycles. The summed E-state index contributed by atoms with van der Waals surface area (Å²) in [5, 5.41) is 6.09. The number of carbonyl (C=O) groups excluding carboxylic acids is 1. The van der Waals surface area contributed by atoms with E-state index in [9.17, 15) is 4.79 Å². The molecule has 2 heterocycles. The lowest BCUT2D eigenvalue weighted by Crippen LogP contribution is -2.38. The Labute approximate surface area is 105 Å². The Bertz CT molecular complexity index is 525. The highest BCUT2D eigenvalue weighted by Crippen LogP contribution is 2.24. The van der Waals surface area contributed by atoms with Crippen molar-refractivity contribution in [2.75, 3.05) is 5.32 Å². The highest BCUT2D eigenvalue weighted by atomic mass is 16.2. The van der Waals surface area contributed by atoms with Gasteiger partial charge in [-0.25, -0.2) is 4.98 Å². The van der Waals surface area contributed by atoms with Gasteiger partial charge in [0.05, 0.1) is 6.54 Å². The van der Waals surface area contributed by atoms with E-state index in [0.29, 0.717) is 6.54 Å². The lowest BCUT2D eigenvalue weighted by atomic mass is 10.1. The number of hydrogen-bond donors (Lipinski definition) is 3. The SMILES string of the molecule is O=C(NCc1ncc[nH]1)C1Cc2ccccc2N1. The van der Waals surface area contributed by atoms with Crippen LogP contribution in [-0.4, -0.2) is 21.9 Å². The number of H-pyrrole nitrogens is 1. The molecule has 5 nitrogen and oxygen atoms in total. The number of aromatic nitrogens is 2. The van der Waals surface area contributed by atoms with Crippen LogP contribution in [0.25, 0.3) is 0 Å². The van der Waals surface area contributed by atoms with Crippen LogP contribution in [0.1, 0.15) is 11.4 Å². The molecule has 92 valence electrons. The first kappa shape index (κ1) is 10.8. The van der Waals surface area contributed by atoms with Gasteiger partial charge in [0.2, 0.25) is 5.91 Å². The van der Waals surface area contributed by atoms with E-state index in [2.05, 4.69) is 20.6 Å². The van der Waals surface area contributed by atoms with Crippen molar-refractivity contribution in [3.63, 3.8) is 0 Å². The number of para-hydroxylation sites is 1. The van der Waals surface area contributed by atoms with Crippen LogP contribution in [0.3, 0.4) is 0 Å². The van der Waals surface area contributed by atoms with Crippen molar-refractivity contribution >= 4 is 11.6 Å². The molecular weight excluding hydrogens is 228 g/mol. The zero-order chi connectivity index (χ0) is 12.4. The highest BCUT2D eigenvalue weighted by molar-refractivity contribution is 5.87. The predicted octanol–water partition coefficient (Wildman–Crippen LogP) is 1.06. The van der Waals surface area contributed by atoms with Crippen molar-refractivity contribution in [2.45, 2.75) is 19.0 Å². The number of benzene rings is 1. The third kappa shape index (κ3) is 2.07. The topological polar surface area (TPSA) is 69.8 Å². The van der Waals surface area contributed by atoms with Crippen LogP contribution >= 0.6 is 0 Å². The maximum absolute atomic E-state index is 12.0. The lowest BCUT2D eigenvalue weighted by Gasteiger charge is -2.10. The van der Waals surface area contributed by atoms with Crippen LogP contribution in [0.15, 0.2) is 36.7 Å². The Morgan fingerprint density at radius 1 is 1.44 bits per heavy atom. The Balaban J connectivity index is 1.59. The maximum atomic E-state index is 12.0. The third-order valence-corrected chi connectivity index (χ3v) is 3.07. The molecule has 0 saturated heterocycles. The summed E-state index contributed by atoms with van der Waals surface area (Å²) in [4.78, 5) is 19.0. The van der Waals surface area contributed by atoms with Gasteiger partial charge in [-0.2, -0.15) is 0 Å². The lowest BCUT2D eigenvalue weighted by molar-refractivity contribution is -0.121. The van der Waals surface area contributed by atoms with Crippen molar-refractivity contribution in [3.8, 4) is 0 Å². The van der Waals surface area contributed by atoms with Gasteiger partial charge in [-0.15, -0.1) is 0 Å². The van der Waals surface area contributed by atoms with Crippen molar-refractivity contribution < 1.29 is 4.79 Å². The number of rotatable bonds is 3. The van der Waals surface area contributed by atoms with Crippen molar-refractivity contribution in [1.29, 1.82) is 0 Å². The number of amides is 1. The van der Waals surface area contributed by atoms with Crippen LogP contribution < -0.4 is 10.6 Å². The van der Waals surface area contributed by atoms with Gasteiger partial charge in [0, 0.05) is 24.5 Å². The Kier molecular flexibility index (Phi) is 2.72. The number of anilines is 1. The number of fused-ring (bicyclic) bond motifs is 1. The van der Waals surface area contributed by atoms with E-state index in [-0.39, 0.29) is 11.9 Å². The first-order valence-electron chi connectivity index (χ1n) is 5.93. The van der Waals surface area contributed by atoms with Crippen LogP contribution in [-0.2, 0) is 17.8 Å². The molecule has 0 bridgehead atoms. The van der Waals surface area contributed by atoms with Gasteiger partial charge in [-0.1, -0.05) is 18.2 Å². The molecule has 1 atom stereocenters. The molecule has 3 N–H and O–H groups in total. The number of carbonyl (C=O) groups is 1. The summed E-state index contributed by atoms with van der Waals surface area (Å²) < 4.78 is 0. The second-order valence-electron chi connectivity index (χ2n) is 4.31. The average molecular weight is 242 g/mol. The number of nitrogens with zero attached hydrogens (tertiary/aromatic N) is 1. The van der Waals surface area contributed by atoms with Crippen LogP contribution in [0.5, 0.6) is 0 Å². The second-order valence-corrected chi connectivity index (χ2v) is 4.31. The van der Waals surface area contributed by atoms with E-state index in [1.807, 2.05) is 24.3 Å². The summed E-state index contributed by atoms with van der Waals surface area (Å²) in [6.45, 7) is 0.431. The summed E-state index contributed by atoms with van der Waals surface area (Å²) in [7, 11) is 0. The predicted molar refractivity (Wildman–Crippen MR) is 68.0 cm³/mol. The molecule has 0 aliphatic carbocycles. The summed E-state index contributed by atoms with van der Waals surface area (Å²) in [6, 6.07) is 7.81. The molecule has 18 heavy (non-hydrogen) atoms. The zero-order valence-corrected chi connectivity index (χ0v) is 9.81. The molecule has 1 aliphatic rings. The molecule has 0 fully saturated rings. The number of hydrogen-bond acceptors (Lipinski definition) is 3. The maximum Gasteiger partial charge on any atom is 0.243 e. The Morgan fingerprint density at radius 3 is 3.11 bits per heavy atom. The number of aromatic amines is 1. The summed E-state index contributed by atoms with van der Waals surface area (Å²) in [6.07, 6.45) is 4.15. The fourth-order valence-electron chi connectivity index (χ4n) is 2.14. The average Bonchev–Trinajstić information content (AvgIpc) is 3.04. The smallest absolute Gasteiger partial charge is 0.243 e. The summed E-state index contributed by atoms with van der Waals surface area (Å²) in [5.74, 6) is 0.765. The fraction of sp³-hybridized carbons (Fsp3) is 0.231. The normalized spacial score (nSPS) is 17.0. The van der Waals surface area contributed by atoms with E-state index < -0.39 is 0 Å². The van der Waals surface area contributed by atoms with Gasteiger partial charge < -0.3 is 15.6 Å². The van der Waals surface area contributed by atoms with Gasteiger partial charge >= 0.3 is 0 Å². The number of nitrogens with one attached hydrogen (secondary N) is 3. The van der Waals surface area contributed by atoms with E-state index in [1.165, 1.54) is 5.56 Å². The van der Waals surface area contributed by atoms with Crippen LogP contribution in [0.2, 0.25) is 0 Å². The van der Waals surface area contributed by atoms with Crippen molar-refractivity contribution in [1.82, 2.24) is 15.3 Å². The monoisotopic (exact) mass is 242 g/mol. The minimum absolute atomic E-state index is 0.00241. The molecule has 1 aliphatic heterocycles.